The van der Waals surface area contributed by atoms with Gasteiger partial charge in [0.05, 0.1) is 20.1 Å². The van der Waals surface area contributed by atoms with E-state index in [0.29, 0.717) is 25.2 Å². The number of aliphatic hydroxyl groups excluding tert-OH is 1. The molecule has 1 rings (SSSR count). The Morgan fingerprint density at radius 1 is 1.30 bits per heavy atom. The monoisotopic (exact) mass is 281 g/mol. The van der Waals surface area contributed by atoms with Crippen molar-refractivity contribution >= 4 is 5.91 Å². The Bertz CT molecular complexity index is 391. The van der Waals surface area contributed by atoms with Crippen molar-refractivity contribution in [1.29, 1.82) is 0 Å². The summed E-state index contributed by atoms with van der Waals surface area (Å²) < 4.78 is 10.5. The molecule has 0 aliphatic carbocycles. The highest BCUT2D eigenvalue weighted by Gasteiger charge is 2.09. The predicted octanol–water partition coefficient (Wildman–Crippen LogP) is 1.74. The average molecular weight is 281 g/mol. The maximum Gasteiger partial charge on any atom is 0.223 e. The Hall–Kier alpha value is -1.75. The summed E-state index contributed by atoms with van der Waals surface area (Å²) in [5.41, 5.74) is 0. The summed E-state index contributed by atoms with van der Waals surface area (Å²) in [6.45, 7) is 2.39. The fraction of sp³-hybridized carbons (Fsp3) is 0.533. The first-order valence-corrected chi connectivity index (χ1v) is 6.86. The number of methoxy groups -OCH3 is 1. The third kappa shape index (κ3) is 5.93. The van der Waals surface area contributed by atoms with E-state index < -0.39 is 0 Å². The van der Waals surface area contributed by atoms with Gasteiger partial charge in [0.1, 0.15) is 11.5 Å². The van der Waals surface area contributed by atoms with Crippen molar-refractivity contribution in [1.82, 2.24) is 5.32 Å². The molecule has 1 atom stereocenters. The van der Waals surface area contributed by atoms with Gasteiger partial charge in [0.25, 0.3) is 0 Å². The number of nitrogens with one attached hydrogen (secondary N) is 1. The zero-order valence-corrected chi connectivity index (χ0v) is 12.1. The zero-order valence-electron chi connectivity index (χ0n) is 12.1. The van der Waals surface area contributed by atoms with Gasteiger partial charge in [-0.2, -0.15) is 0 Å². The molecule has 0 saturated carbocycles. The number of amides is 1. The van der Waals surface area contributed by atoms with Crippen LogP contribution in [0, 0.1) is 0 Å². The molecule has 0 fully saturated rings. The van der Waals surface area contributed by atoms with Crippen LogP contribution in [0.2, 0.25) is 0 Å². The van der Waals surface area contributed by atoms with Crippen LogP contribution < -0.4 is 14.8 Å². The number of benzene rings is 1. The number of hydrogen-bond acceptors (Lipinski definition) is 4. The average Bonchev–Trinajstić information content (AvgIpc) is 2.47. The van der Waals surface area contributed by atoms with Gasteiger partial charge in [0.15, 0.2) is 0 Å². The second-order valence-corrected chi connectivity index (χ2v) is 4.46. The summed E-state index contributed by atoms with van der Waals surface area (Å²) >= 11 is 0. The summed E-state index contributed by atoms with van der Waals surface area (Å²) in [5, 5.41) is 11.7. The minimum atomic E-state index is -0.0567. The topological polar surface area (TPSA) is 67.8 Å². The largest absolute Gasteiger partial charge is 0.497 e. The van der Waals surface area contributed by atoms with Crippen molar-refractivity contribution in [3.8, 4) is 11.5 Å². The number of aliphatic hydroxyl groups is 1. The van der Waals surface area contributed by atoms with Gasteiger partial charge in [-0.3, -0.25) is 4.79 Å². The summed E-state index contributed by atoms with van der Waals surface area (Å²) in [6.07, 6.45) is 1.70. The standard InChI is InChI=1S/C15H23NO4/c1-3-12(8-10-17)16-15(18)9-11-20-14-6-4-13(19-2)5-7-14/h4-7,12,17H,3,8-11H2,1-2H3,(H,16,18). The van der Waals surface area contributed by atoms with Crippen LogP contribution in [0.5, 0.6) is 11.5 Å². The van der Waals surface area contributed by atoms with E-state index in [1.165, 1.54) is 0 Å². The first-order chi connectivity index (χ1) is 9.69. The third-order valence-corrected chi connectivity index (χ3v) is 2.99. The van der Waals surface area contributed by atoms with Gasteiger partial charge in [-0.05, 0) is 37.1 Å². The van der Waals surface area contributed by atoms with Gasteiger partial charge in [0, 0.05) is 12.6 Å². The second-order valence-electron chi connectivity index (χ2n) is 4.46. The molecular weight excluding hydrogens is 258 g/mol. The van der Waals surface area contributed by atoms with E-state index in [1.54, 1.807) is 19.2 Å². The Labute approximate surface area is 119 Å². The molecule has 5 heteroatoms. The third-order valence-electron chi connectivity index (χ3n) is 2.99. The predicted molar refractivity (Wildman–Crippen MR) is 77.0 cm³/mol. The van der Waals surface area contributed by atoms with E-state index in [-0.39, 0.29) is 18.6 Å². The molecule has 0 aromatic heterocycles. The van der Waals surface area contributed by atoms with Crippen molar-refractivity contribution < 1.29 is 19.4 Å². The molecule has 0 saturated heterocycles. The maximum absolute atomic E-state index is 11.7. The highest BCUT2D eigenvalue weighted by Crippen LogP contribution is 2.16. The number of hydrogen-bond donors (Lipinski definition) is 2. The molecular formula is C15H23NO4. The van der Waals surface area contributed by atoms with Crippen LogP contribution in [0.15, 0.2) is 24.3 Å². The molecule has 1 amide bonds. The lowest BCUT2D eigenvalue weighted by atomic mass is 10.1. The summed E-state index contributed by atoms with van der Waals surface area (Å²) in [7, 11) is 1.61. The van der Waals surface area contributed by atoms with Crippen molar-refractivity contribution in [3.05, 3.63) is 24.3 Å². The number of ether oxygens (including phenoxy) is 2. The zero-order chi connectivity index (χ0) is 14.8. The highest BCUT2D eigenvalue weighted by molar-refractivity contribution is 5.76. The minimum absolute atomic E-state index is 0.0356. The van der Waals surface area contributed by atoms with E-state index >= 15 is 0 Å². The van der Waals surface area contributed by atoms with Crippen LogP contribution in [-0.2, 0) is 4.79 Å². The van der Waals surface area contributed by atoms with Crippen molar-refractivity contribution in [2.75, 3.05) is 20.3 Å². The van der Waals surface area contributed by atoms with Crippen LogP contribution in [0.3, 0.4) is 0 Å². The van der Waals surface area contributed by atoms with Crippen LogP contribution in [0.25, 0.3) is 0 Å². The molecule has 112 valence electrons. The van der Waals surface area contributed by atoms with Crippen LogP contribution >= 0.6 is 0 Å². The van der Waals surface area contributed by atoms with Gasteiger partial charge in [-0.25, -0.2) is 0 Å². The molecule has 0 bridgehead atoms. The Morgan fingerprint density at radius 2 is 1.95 bits per heavy atom. The van der Waals surface area contributed by atoms with Gasteiger partial charge in [-0.1, -0.05) is 6.92 Å². The van der Waals surface area contributed by atoms with E-state index in [4.69, 9.17) is 14.6 Å². The number of carbonyl (C=O) groups excluding carboxylic acids is 1. The minimum Gasteiger partial charge on any atom is -0.497 e. The Balaban J connectivity index is 2.26. The van der Waals surface area contributed by atoms with Gasteiger partial charge < -0.3 is 19.9 Å². The molecule has 5 nitrogen and oxygen atoms in total. The summed E-state index contributed by atoms with van der Waals surface area (Å²) in [4.78, 5) is 11.7. The smallest absolute Gasteiger partial charge is 0.223 e. The molecule has 2 N–H and O–H groups in total. The molecule has 0 aliphatic heterocycles. The van der Waals surface area contributed by atoms with E-state index in [2.05, 4.69) is 5.32 Å². The highest BCUT2D eigenvalue weighted by atomic mass is 16.5. The normalized spacial score (nSPS) is 11.8. The Morgan fingerprint density at radius 3 is 2.50 bits per heavy atom. The second kappa shape index (κ2) is 9.20. The lowest BCUT2D eigenvalue weighted by Crippen LogP contribution is -2.35. The summed E-state index contributed by atoms with van der Waals surface area (Å²) in [6, 6.07) is 7.26. The van der Waals surface area contributed by atoms with Crippen LogP contribution in [0.1, 0.15) is 26.2 Å². The maximum atomic E-state index is 11.7. The molecule has 0 aliphatic rings. The number of rotatable bonds is 9. The summed E-state index contributed by atoms with van der Waals surface area (Å²) in [5.74, 6) is 1.42. The van der Waals surface area contributed by atoms with E-state index in [9.17, 15) is 4.79 Å². The molecule has 1 aromatic carbocycles. The van der Waals surface area contributed by atoms with Gasteiger partial charge in [-0.15, -0.1) is 0 Å². The van der Waals surface area contributed by atoms with E-state index in [1.807, 2.05) is 19.1 Å². The Kier molecular flexibility index (Phi) is 7.50. The first-order valence-electron chi connectivity index (χ1n) is 6.86. The van der Waals surface area contributed by atoms with E-state index in [0.717, 1.165) is 12.2 Å². The van der Waals surface area contributed by atoms with Gasteiger partial charge in [0.2, 0.25) is 5.91 Å². The quantitative estimate of drug-likeness (QED) is 0.723. The first kappa shape index (κ1) is 16.3. The molecule has 1 aromatic rings. The van der Waals surface area contributed by atoms with Crippen molar-refractivity contribution in [2.45, 2.75) is 32.2 Å². The lowest BCUT2D eigenvalue weighted by molar-refractivity contribution is -0.122. The van der Waals surface area contributed by atoms with Crippen molar-refractivity contribution in [2.24, 2.45) is 0 Å². The molecule has 0 radical (unpaired) electrons. The van der Waals surface area contributed by atoms with Crippen molar-refractivity contribution in [3.63, 3.8) is 0 Å². The van der Waals surface area contributed by atoms with Crippen LogP contribution in [-0.4, -0.2) is 37.4 Å². The molecule has 0 heterocycles. The fourth-order valence-electron chi connectivity index (χ4n) is 1.77. The van der Waals surface area contributed by atoms with Crippen LogP contribution in [0.4, 0.5) is 0 Å². The number of carbonyl (C=O) groups is 1. The molecule has 0 spiro atoms. The lowest BCUT2D eigenvalue weighted by Gasteiger charge is -2.15. The molecule has 20 heavy (non-hydrogen) atoms. The van der Waals surface area contributed by atoms with Gasteiger partial charge >= 0.3 is 0 Å². The SMILES string of the molecule is CCC(CCO)NC(=O)CCOc1ccc(OC)cc1. The molecule has 1 unspecified atom stereocenters. The fourth-order valence-corrected chi connectivity index (χ4v) is 1.77.